The Labute approximate surface area is 212 Å². The van der Waals surface area contributed by atoms with Gasteiger partial charge in [-0.3, -0.25) is 14.7 Å². The molecule has 1 aromatic carbocycles. The molecule has 0 unspecified atom stereocenters. The molecule has 0 atom stereocenters. The van der Waals surface area contributed by atoms with Crippen molar-refractivity contribution in [1.29, 1.82) is 5.26 Å². The third-order valence-corrected chi connectivity index (χ3v) is 7.68. The van der Waals surface area contributed by atoms with Gasteiger partial charge in [-0.15, -0.1) is 0 Å². The lowest BCUT2D eigenvalue weighted by Gasteiger charge is -2.41. The molecule has 2 aliphatic rings. The first-order valence-corrected chi connectivity index (χ1v) is 12.7. The molecular formula is C29H33N5O2. The number of carbonyl (C=O) groups is 1. The second kappa shape index (κ2) is 10.3. The smallest absolute Gasteiger partial charge is 0.257 e. The summed E-state index contributed by atoms with van der Waals surface area (Å²) in [4.78, 5) is 20.0. The summed E-state index contributed by atoms with van der Waals surface area (Å²) in [6.07, 6.45) is 8.99. The van der Waals surface area contributed by atoms with E-state index in [4.69, 9.17) is 4.74 Å². The number of nitriles is 1. The van der Waals surface area contributed by atoms with Crippen molar-refractivity contribution >= 4 is 11.6 Å². The van der Waals surface area contributed by atoms with Crippen molar-refractivity contribution in [3.05, 3.63) is 77.4 Å². The quantitative estimate of drug-likeness (QED) is 0.565. The van der Waals surface area contributed by atoms with Gasteiger partial charge in [0, 0.05) is 37.2 Å². The van der Waals surface area contributed by atoms with Crippen molar-refractivity contribution in [3.8, 4) is 11.8 Å². The molecule has 36 heavy (non-hydrogen) atoms. The molecule has 186 valence electrons. The Morgan fingerprint density at radius 2 is 1.92 bits per heavy atom. The minimum absolute atomic E-state index is 0.186. The molecule has 7 heteroatoms. The summed E-state index contributed by atoms with van der Waals surface area (Å²) in [6.45, 7) is 7.68. The van der Waals surface area contributed by atoms with E-state index in [9.17, 15) is 10.1 Å². The SMILES string of the molecule is Cc1ccc(-n2ccc(C(=O)Nc3ccc([C@]4(C#N)CC[C@@H](N5CCOCC5)CC4)nc3)c2)c(C)c1. The number of morpholine rings is 1. The molecule has 0 bridgehead atoms. The van der Waals surface area contributed by atoms with E-state index in [1.807, 2.05) is 35.2 Å². The first-order valence-electron chi connectivity index (χ1n) is 12.7. The van der Waals surface area contributed by atoms with Gasteiger partial charge in [-0.05, 0) is 69.4 Å². The normalized spacial score (nSPS) is 22.6. The number of nitrogens with one attached hydrogen (secondary N) is 1. The number of nitrogens with zero attached hydrogens (tertiary/aromatic N) is 4. The zero-order chi connectivity index (χ0) is 25.1. The van der Waals surface area contributed by atoms with Crippen LogP contribution in [0.25, 0.3) is 5.69 Å². The molecule has 1 saturated heterocycles. The highest BCUT2D eigenvalue weighted by atomic mass is 16.5. The number of benzene rings is 1. The highest BCUT2D eigenvalue weighted by Crippen LogP contribution is 2.40. The number of rotatable bonds is 5. The number of hydrogen-bond donors (Lipinski definition) is 1. The van der Waals surface area contributed by atoms with E-state index >= 15 is 0 Å². The van der Waals surface area contributed by atoms with Gasteiger partial charge in [0.25, 0.3) is 5.91 Å². The fraction of sp³-hybridized carbons (Fsp3) is 0.414. The number of amides is 1. The minimum atomic E-state index is -0.561. The maximum absolute atomic E-state index is 12.9. The fourth-order valence-electron chi connectivity index (χ4n) is 5.56. The van der Waals surface area contributed by atoms with E-state index in [-0.39, 0.29) is 5.91 Å². The van der Waals surface area contributed by atoms with Crippen LogP contribution in [0.3, 0.4) is 0 Å². The van der Waals surface area contributed by atoms with Crippen LogP contribution in [0.1, 0.15) is 52.9 Å². The lowest BCUT2D eigenvalue weighted by atomic mass is 9.71. The molecule has 1 aliphatic heterocycles. The van der Waals surface area contributed by atoms with Crippen molar-refractivity contribution in [2.75, 3.05) is 31.6 Å². The molecule has 0 spiro atoms. The summed E-state index contributed by atoms with van der Waals surface area (Å²) in [5.41, 5.74) is 4.85. The summed E-state index contributed by atoms with van der Waals surface area (Å²) in [7, 11) is 0. The van der Waals surface area contributed by atoms with Crippen LogP contribution >= 0.6 is 0 Å². The van der Waals surface area contributed by atoms with E-state index in [2.05, 4.69) is 53.3 Å². The first-order chi connectivity index (χ1) is 17.5. The van der Waals surface area contributed by atoms with E-state index in [1.54, 1.807) is 6.20 Å². The predicted molar refractivity (Wildman–Crippen MR) is 139 cm³/mol. The van der Waals surface area contributed by atoms with Crippen LogP contribution in [0.2, 0.25) is 0 Å². The van der Waals surface area contributed by atoms with E-state index in [1.165, 1.54) is 5.56 Å². The van der Waals surface area contributed by atoms with E-state index in [0.717, 1.165) is 68.9 Å². The van der Waals surface area contributed by atoms with Gasteiger partial charge in [-0.2, -0.15) is 5.26 Å². The summed E-state index contributed by atoms with van der Waals surface area (Å²) in [5.74, 6) is -0.186. The van der Waals surface area contributed by atoms with Crippen molar-refractivity contribution in [3.63, 3.8) is 0 Å². The summed E-state index contributed by atoms with van der Waals surface area (Å²) in [6, 6.07) is 14.9. The van der Waals surface area contributed by atoms with Gasteiger partial charge in [0.15, 0.2) is 0 Å². The lowest BCUT2D eigenvalue weighted by Crippen LogP contribution is -2.47. The van der Waals surface area contributed by atoms with Gasteiger partial charge < -0.3 is 14.6 Å². The molecule has 1 saturated carbocycles. The first kappa shape index (κ1) is 24.2. The zero-order valence-corrected chi connectivity index (χ0v) is 21.0. The Kier molecular flexibility index (Phi) is 6.90. The topological polar surface area (TPSA) is 83.2 Å². The molecule has 7 nitrogen and oxygen atoms in total. The van der Waals surface area contributed by atoms with Gasteiger partial charge in [0.05, 0.1) is 47.8 Å². The monoisotopic (exact) mass is 483 g/mol. The third kappa shape index (κ3) is 4.92. The second-order valence-electron chi connectivity index (χ2n) is 10.1. The largest absolute Gasteiger partial charge is 0.379 e. The highest BCUT2D eigenvalue weighted by molar-refractivity contribution is 6.04. The van der Waals surface area contributed by atoms with Crippen LogP contribution in [0, 0.1) is 25.2 Å². The molecule has 2 fully saturated rings. The van der Waals surface area contributed by atoms with Gasteiger partial charge in [-0.1, -0.05) is 17.7 Å². The molecule has 1 aliphatic carbocycles. The standard InChI is InChI=1S/C29H33N5O2/c1-21-3-5-26(22(2)17-21)34-12-9-23(19-34)28(35)32-24-4-6-27(31-18-24)29(20-30)10-7-25(8-11-29)33-13-15-36-16-14-33/h3-6,9,12,17-19,25H,7-8,10-11,13-16H2,1-2H3,(H,32,35)/t25-,29-. The molecule has 3 aromatic rings. The van der Waals surface area contributed by atoms with Crippen LogP contribution in [0.4, 0.5) is 5.69 Å². The van der Waals surface area contributed by atoms with E-state index in [0.29, 0.717) is 17.3 Å². The van der Waals surface area contributed by atoms with Crippen molar-refractivity contribution in [2.45, 2.75) is 51.0 Å². The van der Waals surface area contributed by atoms with Gasteiger partial charge >= 0.3 is 0 Å². The molecular weight excluding hydrogens is 450 g/mol. The average molecular weight is 484 g/mol. The van der Waals surface area contributed by atoms with Gasteiger partial charge in [0.2, 0.25) is 0 Å². The zero-order valence-electron chi connectivity index (χ0n) is 21.0. The average Bonchev–Trinajstić information content (AvgIpc) is 3.40. The number of aromatic nitrogens is 2. The maximum atomic E-state index is 12.9. The van der Waals surface area contributed by atoms with Crippen LogP contribution in [0.5, 0.6) is 0 Å². The van der Waals surface area contributed by atoms with Crippen molar-refractivity contribution in [1.82, 2.24) is 14.5 Å². The van der Waals surface area contributed by atoms with Gasteiger partial charge in [-0.25, -0.2) is 0 Å². The number of anilines is 1. The predicted octanol–water partition coefficient (Wildman–Crippen LogP) is 4.78. The molecule has 0 radical (unpaired) electrons. The van der Waals surface area contributed by atoms with Crippen LogP contribution < -0.4 is 5.32 Å². The van der Waals surface area contributed by atoms with Crippen LogP contribution in [0.15, 0.2) is 55.0 Å². The number of aryl methyl sites for hydroxylation is 2. The molecule has 1 N–H and O–H groups in total. The number of hydrogen-bond acceptors (Lipinski definition) is 5. The molecule has 2 aromatic heterocycles. The Morgan fingerprint density at radius 3 is 2.58 bits per heavy atom. The molecule has 1 amide bonds. The Bertz CT molecular complexity index is 1260. The molecule has 3 heterocycles. The Balaban J connectivity index is 1.23. The summed E-state index contributed by atoms with van der Waals surface area (Å²) in [5, 5.41) is 13.0. The van der Waals surface area contributed by atoms with Crippen LogP contribution in [-0.2, 0) is 10.2 Å². The summed E-state index contributed by atoms with van der Waals surface area (Å²) < 4.78 is 7.45. The molecule has 5 rings (SSSR count). The minimum Gasteiger partial charge on any atom is -0.379 e. The highest BCUT2D eigenvalue weighted by Gasteiger charge is 2.40. The number of pyridine rings is 1. The lowest BCUT2D eigenvalue weighted by molar-refractivity contribution is 0.00493. The summed E-state index contributed by atoms with van der Waals surface area (Å²) >= 11 is 0. The number of ether oxygens (including phenoxy) is 1. The third-order valence-electron chi connectivity index (χ3n) is 7.68. The fourth-order valence-corrected chi connectivity index (χ4v) is 5.56. The maximum Gasteiger partial charge on any atom is 0.257 e. The Morgan fingerprint density at radius 1 is 1.14 bits per heavy atom. The van der Waals surface area contributed by atoms with Crippen LogP contribution in [-0.4, -0.2) is 52.7 Å². The second-order valence-corrected chi connectivity index (χ2v) is 10.1. The van der Waals surface area contributed by atoms with Gasteiger partial charge in [0.1, 0.15) is 0 Å². The Hall–Kier alpha value is -3.47. The van der Waals surface area contributed by atoms with Crippen molar-refractivity contribution < 1.29 is 9.53 Å². The van der Waals surface area contributed by atoms with E-state index < -0.39 is 5.41 Å². The van der Waals surface area contributed by atoms with Crippen molar-refractivity contribution in [2.24, 2.45) is 0 Å². The number of carbonyl (C=O) groups excluding carboxylic acids is 1.